The fourth-order valence-corrected chi connectivity index (χ4v) is 5.08. The Morgan fingerprint density at radius 1 is 1.26 bits per heavy atom. The minimum absolute atomic E-state index is 0.124. The van der Waals surface area contributed by atoms with Crippen LogP contribution < -0.4 is 20.3 Å². The van der Waals surface area contributed by atoms with E-state index < -0.39 is 0 Å². The zero-order valence-electron chi connectivity index (χ0n) is 20.3. The Balaban J connectivity index is 1.61. The zero-order valence-corrected chi connectivity index (χ0v) is 21.2. The van der Waals surface area contributed by atoms with E-state index in [4.69, 9.17) is 18.9 Å². The van der Waals surface area contributed by atoms with Gasteiger partial charge in [0.1, 0.15) is 5.76 Å². The highest BCUT2D eigenvalue weighted by Gasteiger charge is 2.18. The third-order valence-corrected chi connectivity index (χ3v) is 7.12. The monoisotopic (exact) mass is 497 g/mol. The van der Waals surface area contributed by atoms with Crippen molar-refractivity contribution in [1.82, 2.24) is 14.9 Å². The van der Waals surface area contributed by atoms with Crippen molar-refractivity contribution in [2.75, 3.05) is 20.0 Å². The van der Waals surface area contributed by atoms with Gasteiger partial charge in [0.2, 0.25) is 5.91 Å². The van der Waals surface area contributed by atoms with Gasteiger partial charge in [-0.1, -0.05) is 23.4 Å². The van der Waals surface area contributed by atoms with Crippen LogP contribution in [0.3, 0.4) is 0 Å². The van der Waals surface area contributed by atoms with E-state index in [0.29, 0.717) is 39.9 Å². The Morgan fingerprint density at radius 3 is 2.74 bits per heavy atom. The summed E-state index contributed by atoms with van der Waals surface area (Å²) in [6.45, 7) is 2.37. The second kappa shape index (κ2) is 11.5. The summed E-state index contributed by atoms with van der Waals surface area (Å²) < 4.78 is 17.8. The van der Waals surface area contributed by atoms with Crippen LogP contribution in [0.4, 0.5) is 0 Å². The van der Waals surface area contributed by atoms with E-state index in [1.807, 2.05) is 13.0 Å². The van der Waals surface area contributed by atoms with Crippen molar-refractivity contribution in [1.29, 1.82) is 0 Å². The van der Waals surface area contributed by atoms with E-state index >= 15 is 0 Å². The van der Waals surface area contributed by atoms with Gasteiger partial charge in [0.25, 0.3) is 5.56 Å². The fourth-order valence-electron chi connectivity index (χ4n) is 4.24. The Hall–Kier alpha value is -3.20. The SMILES string of the molecule is COc1cc2nc(SCC(=O)NC(C)c3ccco3)n(CCC3=CCCCC3)c(=O)c2cc1OC. The maximum Gasteiger partial charge on any atom is 0.262 e. The first kappa shape index (κ1) is 24.9. The van der Waals surface area contributed by atoms with Crippen molar-refractivity contribution in [3.63, 3.8) is 0 Å². The smallest absolute Gasteiger partial charge is 0.262 e. The Bertz CT molecular complexity index is 1270. The molecule has 186 valence electrons. The predicted octanol–water partition coefficient (Wildman–Crippen LogP) is 4.87. The van der Waals surface area contributed by atoms with Crippen LogP contribution in [0.25, 0.3) is 10.9 Å². The van der Waals surface area contributed by atoms with Crippen molar-refractivity contribution in [2.45, 2.75) is 56.8 Å². The van der Waals surface area contributed by atoms with Gasteiger partial charge in [-0.15, -0.1) is 0 Å². The molecular weight excluding hydrogens is 466 g/mol. The molecule has 1 unspecified atom stereocenters. The molecule has 1 N–H and O–H groups in total. The molecule has 9 heteroatoms. The summed E-state index contributed by atoms with van der Waals surface area (Å²) in [6.07, 6.45) is 9.21. The number of amides is 1. The molecule has 0 bridgehead atoms. The molecule has 1 atom stereocenters. The Morgan fingerprint density at radius 2 is 2.06 bits per heavy atom. The van der Waals surface area contributed by atoms with Gasteiger partial charge in [-0.05, 0) is 57.2 Å². The summed E-state index contributed by atoms with van der Waals surface area (Å²) in [4.78, 5) is 30.9. The lowest BCUT2D eigenvalue weighted by Gasteiger charge is -2.17. The van der Waals surface area contributed by atoms with Crippen molar-refractivity contribution in [3.05, 3.63) is 58.3 Å². The number of ether oxygens (including phenoxy) is 2. The van der Waals surface area contributed by atoms with Crippen LogP contribution in [0.5, 0.6) is 11.5 Å². The van der Waals surface area contributed by atoms with Crippen molar-refractivity contribution in [3.8, 4) is 11.5 Å². The molecule has 1 aliphatic rings. The maximum absolute atomic E-state index is 13.5. The number of carbonyl (C=O) groups excluding carboxylic acids is 1. The third kappa shape index (κ3) is 5.90. The number of hydrogen-bond donors (Lipinski definition) is 1. The molecule has 8 nitrogen and oxygen atoms in total. The highest BCUT2D eigenvalue weighted by Crippen LogP contribution is 2.31. The molecule has 2 heterocycles. The first-order chi connectivity index (χ1) is 17.0. The number of aromatic nitrogens is 2. The normalized spacial score (nSPS) is 14.4. The Kier molecular flexibility index (Phi) is 8.17. The molecule has 0 aliphatic heterocycles. The largest absolute Gasteiger partial charge is 0.493 e. The van der Waals surface area contributed by atoms with Crippen molar-refractivity contribution >= 4 is 28.6 Å². The van der Waals surface area contributed by atoms with E-state index in [1.165, 1.54) is 37.3 Å². The lowest BCUT2D eigenvalue weighted by atomic mass is 9.97. The van der Waals surface area contributed by atoms with Crippen LogP contribution in [0.2, 0.25) is 0 Å². The van der Waals surface area contributed by atoms with Crippen molar-refractivity contribution < 1.29 is 18.7 Å². The molecule has 0 spiro atoms. The molecule has 0 saturated heterocycles. The van der Waals surface area contributed by atoms with Crippen LogP contribution in [0, 0.1) is 0 Å². The highest BCUT2D eigenvalue weighted by atomic mass is 32.2. The number of hydrogen-bond acceptors (Lipinski definition) is 7. The molecule has 2 aromatic heterocycles. The molecule has 3 aromatic rings. The van der Waals surface area contributed by atoms with Gasteiger partial charge < -0.3 is 19.2 Å². The lowest BCUT2D eigenvalue weighted by Crippen LogP contribution is -2.29. The van der Waals surface area contributed by atoms with Gasteiger partial charge in [0.15, 0.2) is 16.7 Å². The highest BCUT2D eigenvalue weighted by molar-refractivity contribution is 7.99. The van der Waals surface area contributed by atoms with E-state index in [2.05, 4.69) is 11.4 Å². The number of benzene rings is 1. The number of fused-ring (bicyclic) bond motifs is 1. The molecule has 0 saturated carbocycles. The average molecular weight is 498 g/mol. The predicted molar refractivity (Wildman–Crippen MR) is 136 cm³/mol. The van der Waals surface area contributed by atoms with E-state index in [9.17, 15) is 9.59 Å². The maximum atomic E-state index is 13.5. The number of nitrogens with zero attached hydrogens (tertiary/aromatic N) is 2. The van der Waals surface area contributed by atoms with Crippen LogP contribution in [-0.2, 0) is 11.3 Å². The lowest BCUT2D eigenvalue weighted by molar-refractivity contribution is -0.119. The molecule has 0 fully saturated rings. The first-order valence-corrected chi connectivity index (χ1v) is 12.8. The molecule has 1 amide bonds. The molecule has 1 aliphatic carbocycles. The minimum Gasteiger partial charge on any atom is -0.493 e. The molecular formula is C26H31N3O5S. The third-order valence-electron chi connectivity index (χ3n) is 6.15. The second-order valence-corrected chi connectivity index (χ2v) is 9.47. The standard InChI is InChI=1S/C26H31N3O5S/c1-17(21-10-7-13-34-21)27-24(30)16-35-26-28-20-15-23(33-3)22(32-2)14-19(20)25(31)29(26)12-11-18-8-5-4-6-9-18/h7-8,10,13-15,17H,4-6,9,11-12,16H2,1-3H3,(H,27,30). The molecule has 4 rings (SSSR count). The summed E-state index contributed by atoms with van der Waals surface area (Å²) in [5.41, 5.74) is 1.73. The summed E-state index contributed by atoms with van der Waals surface area (Å²) >= 11 is 1.25. The molecule has 0 radical (unpaired) electrons. The summed E-state index contributed by atoms with van der Waals surface area (Å²) in [6, 6.07) is 6.73. The number of thioether (sulfide) groups is 1. The molecule has 1 aromatic carbocycles. The van der Waals surface area contributed by atoms with Gasteiger partial charge in [-0.25, -0.2) is 4.98 Å². The number of methoxy groups -OCH3 is 2. The van der Waals surface area contributed by atoms with Gasteiger partial charge in [-0.3, -0.25) is 14.2 Å². The number of rotatable bonds is 10. The zero-order chi connectivity index (χ0) is 24.8. The first-order valence-electron chi connectivity index (χ1n) is 11.8. The number of allylic oxidation sites excluding steroid dienone is 2. The van der Waals surface area contributed by atoms with Gasteiger partial charge >= 0.3 is 0 Å². The average Bonchev–Trinajstić information content (AvgIpc) is 3.42. The fraction of sp³-hybridized carbons (Fsp3) is 0.423. The second-order valence-electron chi connectivity index (χ2n) is 8.53. The quantitative estimate of drug-likeness (QED) is 0.243. The minimum atomic E-state index is -0.250. The number of furan rings is 1. The van der Waals surface area contributed by atoms with Crippen molar-refractivity contribution in [2.24, 2.45) is 0 Å². The Labute approximate surface area is 208 Å². The van der Waals surface area contributed by atoms with Crippen LogP contribution in [-0.4, -0.2) is 35.4 Å². The van der Waals surface area contributed by atoms with Crippen LogP contribution in [0.15, 0.2) is 56.5 Å². The van der Waals surface area contributed by atoms with E-state index in [-0.39, 0.29) is 23.3 Å². The van der Waals surface area contributed by atoms with Gasteiger partial charge in [-0.2, -0.15) is 0 Å². The number of carbonyl (C=O) groups is 1. The number of nitrogens with one attached hydrogen (secondary N) is 1. The van der Waals surface area contributed by atoms with Gasteiger partial charge in [0, 0.05) is 12.6 Å². The van der Waals surface area contributed by atoms with Gasteiger partial charge in [0.05, 0.1) is 43.2 Å². The summed E-state index contributed by atoms with van der Waals surface area (Å²) in [7, 11) is 3.08. The van der Waals surface area contributed by atoms with Crippen LogP contribution in [0.1, 0.15) is 50.8 Å². The summed E-state index contributed by atoms with van der Waals surface area (Å²) in [5.74, 6) is 1.62. The van der Waals surface area contributed by atoms with Crippen LogP contribution >= 0.6 is 11.8 Å². The van der Waals surface area contributed by atoms with E-state index in [0.717, 1.165) is 19.3 Å². The molecule has 35 heavy (non-hydrogen) atoms. The summed E-state index contributed by atoms with van der Waals surface area (Å²) in [5, 5.41) is 3.89. The topological polar surface area (TPSA) is 95.6 Å². The van der Waals surface area contributed by atoms with E-state index in [1.54, 1.807) is 36.1 Å².